The molecular weight excluding hydrogens is 205 g/mol. The van der Waals surface area contributed by atoms with Gasteiger partial charge in [0.25, 0.3) is 0 Å². The highest BCUT2D eigenvalue weighted by atomic mass is 19.1. The molecule has 0 spiro atoms. The smallest absolute Gasteiger partial charge is 0.126 e. The third-order valence-corrected chi connectivity index (χ3v) is 2.38. The SMILES string of the molecule is COc1ccc(F)cc1-c1ccc(N)cc1. The summed E-state index contributed by atoms with van der Waals surface area (Å²) in [6.07, 6.45) is 0. The van der Waals surface area contributed by atoms with Gasteiger partial charge < -0.3 is 10.5 Å². The lowest BCUT2D eigenvalue weighted by Gasteiger charge is -2.08. The van der Waals surface area contributed by atoms with Gasteiger partial charge in [-0.1, -0.05) is 12.1 Å². The molecule has 0 fully saturated rings. The molecule has 2 N–H and O–H groups in total. The summed E-state index contributed by atoms with van der Waals surface area (Å²) in [5.74, 6) is 0.360. The highest BCUT2D eigenvalue weighted by Gasteiger charge is 2.06. The molecule has 0 atom stereocenters. The summed E-state index contributed by atoms with van der Waals surface area (Å²) in [4.78, 5) is 0. The number of benzene rings is 2. The van der Waals surface area contributed by atoms with Crippen LogP contribution in [0, 0.1) is 5.82 Å². The van der Waals surface area contributed by atoms with E-state index in [1.807, 2.05) is 12.1 Å². The number of hydrogen-bond acceptors (Lipinski definition) is 2. The van der Waals surface area contributed by atoms with Gasteiger partial charge in [0.1, 0.15) is 11.6 Å². The molecule has 0 aromatic heterocycles. The number of hydrogen-bond donors (Lipinski definition) is 1. The second-order valence-electron chi connectivity index (χ2n) is 3.47. The van der Waals surface area contributed by atoms with Gasteiger partial charge in [0.15, 0.2) is 0 Å². The Balaban J connectivity index is 2.53. The number of anilines is 1. The van der Waals surface area contributed by atoms with Crippen molar-refractivity contribution in [3.63, 3.8) is 0 Å². The second-order valence-corrected chi connectivity index (χ2v) is 3.47. The number of ether oxygens (including phenoxy) is 1. The fourth-order valence-electron chi connectivity index (χ4n) is 1.57. The minimum Gasteiger partial charge on any atom is -0.496 e. The molecule has 0 amide bonds. The van der Waals surface area contributed by atoms with E-state index in [2.05, 4.69) is 0 Å². The number of halogens is 1. The van der Waals surface area contributed by atoms with Crippen LogP contribution in [0.1, 0.15) is 0 Å². The van der Waals surface area contributed by atoms with Crippen molar-refractivity contribution in [1.82, 2.24) is 0 Å². The first-order valence-electron chi connectivity index (χ1n) is 4.90. The molecule has 0 saturated heterocycles. The summed E-state index contributed by atoms with van der Waals surface area (Å²) in [5, 5.41) is 0. The Morgan fingerprint density at radius 2 is 1.75 bits per heavy atom. The summed E-state index contributed by atoms with van der Waals surface area (Å²) in [5.41, 5.74) is 7.88. The van der Waals surface area contributed by atoms with Crippen LogP contribution in [0.3, 0.4) is 0 Å². The molecular formula is C13H12FNO. The number of nitrogens with two attached hydrogens (primary N) is 1. The monoisotopic (exact) mass is 217 g/mol. The summed E-state index contributed by atoms with van der Waals surface area (Å²) < 4.78 is 18.4. The molecule has 2 aromatic carbocycles. The molecule has 0 unspecified atom stereocenters. The molecule has 0 saturated carbocycles. The van der Waals surface area contributed by atoms with E-state index < -0.39 is 0 Å². The van der Waals surface area contributed by atoms with E-state index in [0.29, 0.717) is 11.4 Å². The molecule has 0 aliphatic heterocycles. The van der Waals surface area contributed by atoms with Crippen LogP contribution < -0.4 is 10.5 Å². The largest absolute Gasteiger partial charge is 0.496 e. The average Bonchev–Trinajstić information content (AvgIpc) is 2.30. The van der Waals surface area contributed by atoms with Gasteiger partial charge in [-0.3, -0.25) is 0 Å². The quantitative estimate of drug-likeness (QED) is 0.784. The average molecular weight is 217 g/mol. The lowest BCUT2D eigenvalue weighted by molar-refractivity contribution is 0.415. The molecule has 16 heavy (non-hydrogen) atoms. The molecule has 3 heteroatoms. The van der Waals surface area contributed by atoms with E-state index in [1.165, 1.54) is 12.1 Å². The minimum absolute atomic E-state index is 0.285. The fourth-order valence-corrected chi connectivity index (χ4v) is 1.57. The molecule has 82 valence electrons. The predicted molar refractivity (Wildman–Crippen MR) is 62.8 cm³/mol. The van der Waals surface area contributed by atoms with Gasteiger partial charge in [0.2, 0.25) is 0 Å². The Bertz CT molecular complexity index is 494. The van der Waals surface area contributed by atoms with Gasteiger partial charge in [-0.15, -0.1) is 0 Å². The maximum atomic E-state index is 13.2. The Morgan fingerprint density at radius 1 is 1.06 bits per heavy atom. The second kappa shape index (κ2) is 4.23. The number of nitrogen functional groups attached to an aromatic ring is 1. The van der Waals surface area contributed by atoms with Gasteiger partial charge in [-0.05, 0) is 35.9 Å². The van der Waals surface area contributed by atoms with Crippen molar-refractivity contribution < 1.29 is 9.13 Å². The van der Waals surface area contributed by atoms with Crippen LogP contribution in [0.4, 0.5) is 10.1 Å². The maximum absolute atomic E-state index is 13.2. The summed E-state index contributed by atoms with van der Waals surface area (Å²) in [7, 11) is 1.56. The van der Waals surface area contributed by atoms with E-state index in [-0.39, 0.29) is 5.82 Å². The minimum atomic E-state index is -0.285. The normalized spacial score (nSPS) is 10.1. The first-order valence-corrected chi connectivity index (χ1v) is 4.90. The molecule has 2 nitrogen and oxygen atoms in total. The van der Waals surface area contributed by atoms with Crippen molar-refractivity contribution in [2.24, 2.45) is 0 Å². The Hall–Kier alpha value is -2.03. The lowest BCUT2D eigenvalue weighted by atomic mass is 10.0. The van der Waals surface area contributed by atoms with Crippen LogP contribution in [0.25, 0.3) is 11.1 Å². The molecule has 0 bridgehead atoms. The van der Waals surface area contributed by atoms with Crippen molar-refractivity contribution in [3.8, 4) is 16.9 Å². The van der Waals surface area contributed by atoms with Gasteiger partial charge >= 0.3 is 0 Å². The standard InChI is InChI=1S/C13H12FNO/c1-16-13-7-4-10(14)8-12(13)9-2-5-11(15)6-3-9/h2-8H,15H2,1H3. The fraction of sp³-hybridized carbons (Fsp3) is 0.0769. The van der Waals surface area contributed by atoms with E-state index in [9.17, 15) is 4.39 Å². The first kappa shape index (κ1) is 10.5. The van der Waals surface area contributed by atoms with Crippen LogP contribution in [0.5, 0.6) is 5.75 Å². The zero-order chi connectivity index (χ0) is 11.5. The van der Waals surface area contributed by atoms with Crippen molar-refractivity contribution in [3.05, 3.63) is 48.3 Å². The van der Waals surface area contributed by atoms with Gasteiger partial charge in [0.05, 0.1) is 7.11 Å². The van der Waals surface area contributed by atoms with Crippen molar-refractivity contribution in [2.45, 2.75) is 0 Å². The molecule has 2 rings (SSSR count). The van der Waals surface area contributed by atoms with Gasteiger partial charge in [-0.25, -0.2) is 4.39 Å². The van der Waals surface area contributed by atoms with E-state index >= 15 is 0 Å². The third kappa shape index (κ3) is 1.98. The summed E-state index contributed by atoms with van der Waals surface area (Å²) >= 11 is 0. The zero-order valence-corrected chi connectivity index (χ0v) is 8.91. The Morgan fingerprint density at radius 3 is 2.38 bits per heavy atom. The predicted octanol–water partition coefficient (Wildman–Crippen LogP) is 3.08. The van der Waals surface area contributed by atoms with E-state index in [1.54, 1.807) is 25.3 Å². The lowest BCUT2D eigenvalue weighted by Crippen LogP contribution is -1.90. The van der Waals surface area contributed by atoms with Gasteiger partial charge in [0, 0.05) is 11.3 Å². The zero-order valence-electron chi connectivity index (χ0n) is 8.91. The van der Waals surface area contributed by atoms with Crippen LogP contribution >= 0.6 is 0 Å². The third-order valence-electron chi connectivity index (χ3n) is 2.38. The molecule has 0 heterocycles. The molecule has 0 aliphatic rings. The first-order chi connectivity index (χ1) is 7.70. The molecule has 2 aromatic rings. The summed E-state index contributed by atoms with van der Waals surface area (Å²) in [6, 6.07) is 11.7. The van der Waals surface area contributed by atoms with E-state index in [0.717, 1.165) is 11.1 Å². The molecule has 0 aliphatic carbocycles. The summed E-state index contributed by atoms with van der Waals surface area (Å²) in [6.45, 7) is 0. The van der Waals surface area contributed by atoms with Crippen LogP contribution in [0.2, 0.25) is 0 Å². The molecule has 0 radical (unpaired) electrons. The van der Waals surface area contributed by atoms with Crippen LogP contribution in [-0.4, -0.2) is 7.11 Å². The van der Waals surface area contributed by atoms with Crippen molar-refractivity contribution in [1.29, 1.82) is 0 Å². The van der Waals surface area contributed by atoms with Crippen molar-refractivity contribution in [2.75, 3.05) is 12.8 Å². The Kier molecular flexibility index (Phi) is 2.77. The maximum Gasteiger partial charge on any atom is 0.126 e. The van der Waals surface area contributed by atoms with Gasteiger partial charge in [-0.2, -0.15) is 0 Å². The van der Waals surface area contributed by atoms with Crippen LogP contribution in [-0.2, 0) is 0 Å². The van der Waals surface area contributed by atoms with Crippen LogP contribution in [0.15, 0.2) is 42.5 Å². The highest BCUT2D eigenvalue weighted by molar-refractivity contribution is 5.71. The topological polar surface area (TPSA) is 35.2 Å². The number of rotatable bonds is 2. The Labute approximate surface area is 93.5 Å². The van der Waals surface area contributed by atoms with E-state index in [4.69, 9.17) is 10.5 Å². The number of methoxy groups -OCH3 is 1. The van der Waals surface area contributed by atoms with Crippen molar-refractivity contribution >= 4 is 5.69 Å². The highest BCUT2D eigenvalue weighted by Crippen LogP contribution is 2.30.